The van der Waals surface area contributed by atoms with Crippen LogP contribution in [0.1, 0.15) is 24.5 Å². The van der Waals surface area contributed by atoms with Gasteiger partial charge in [0.1, 0.15) is 17.6 Å². The second kappa shape index (κ2) is 5.44. The average Bonchev–Trinajstić information content (AvgIpc) is 2.63. The van der Waals surface area contributed by atoms with Crippen molar-refractivity contribution >= 4 is 10.2 Å². The largest absolute Gasteiger partial charge is 0.464 e. The fraction of sp³-hybridized carbons (Fsp3) is 0.556. The highest BCUT2D eigenvalue weighted by Crippen LogP contribution is 2.17. The smallest absolute Gasteiger partial charge is 0.275 e. The first-order valence-corrected chi connectivity index (χ1v) is 6.38. The molecule has 0 saturated carbocycles. The summed E-state index contributed by atoms with van der Waals surface area (Å²) in [4.78, 5) is 0. The Hall–Kier alpha value is -0.890. The van der Waals surface area contributed by atoms with E-state index in [0.29, 0.717) is 5.76 Å². The summed E-state index contributed by atoms with van der Waals surface area (Å²) in [5.74, 6) is 1.28. The van der Waals surface area contributed by atoms with E-state index in [9.17, 15) is 8.42 Å². The average molecular weight is 248 g/mol. The van der Waals surface area contributed by atoms with E-state index in [2.05, 4.69) is 4.72 Å². The molecule has 1 aromatic heterocycles. The van der Waals surface area contributed by atoms with Gasteiger partial charge in [-0.15, -0.1) is 0 Å². The van der Waals surface area contributed by atoms with E-state index in [1.54, 1.807) is 12.1 Å². The highest BCUT2D eigenvalue weighted by molar-refractivity contribution is 7.87. The lowest BCUT2D eigenvalue weighted by Crippen LogP contribution is -2.36. The summed E-state index contributed by atoms with van der Waals surface area (Å²) in [6.45, 7) is 2.11. The van der Waals surface area contributed by atoms with Gasteiger partial charge < -0.3 is 9.15 Å². The number of ether oxygens (including phenoxy) is 1. The van der Waals surface area contributed by atoms with Gasteiger partial charge in [-0.3, -0.25) is 0 Å². The molecule has 0 aliphatic heterocycles. The van der Waals surface area contributed by atoms with E-state index in [0.717, 1.165) is 12.2 Å². The molecule has 1 atom stereocenters. The molecule has 92 valence electrons. The summed E-state index contributed by atoms with van der Waals surface area (Å²) in [5, 5.41) is 4.91. The predicted molar refractivity (Wildman–Crippen MR) is 58.9 cm³/mol. The first-order valence-electron chi connectivity index (χ1n) is 4.84. The van der Waals surface area contributed by atoms with Gasteiger partial charge in [0.2, 0.25) is 0 Å². The highest BCUT2D eigenvalue weighted by Gasteiger charge is 2.19. The zero-order valence-electron chi connectivity index (χ0n) is 9.26. The Morgan fingerprint density at radius 3 is 2.69 bits per heavy atom. The van der Waals surface area contributed by atoms with Crippen LogP contribution in [0.5, 0.6) is 0 Å². The maximum atomic E-state index is 10.9. The van der Waals surface area contributed by atoms with Crippen molar-refractivity contribution in [2.75, 3.05) is 13.7 Å². The van der Waals surface area contributed by atoms with Crippen LogP contribution in [0.15, 0.2) is 16.5 Å². The number of nitrogens with one attached hydrogen (secondary N) is 1. The van der Waals surface area contributed by atoms with Crippen LogP contribution in [-0.2, 0) is 21.4 Å². The quantitative estimate of drug-likeness (QED) is 0.758. The first-order chi connectivity index (χ1) is 7.46. The van der Waals surface area contributed by atoms with E-state index >= 15 is 0 Å². The maximum absolute atomic E-state index is 10.9. The third-order valence-corrected chi connectivity index (χ3v) is 2.63. The molecule has 1 heterocycles. The van der Waals surface area contributed by atoms with Crippen LogP contribution in [0.25, 0.3) is 0 Å². The van der Waals surface area contributed by atoms with Crippen molar-refractivity contribution in [2.24, 2.45) is 5.14 Å². The van der Waals surface area contributed by atoms with Crippen LogP contribution < -0.4 is 9.86 Å². The molecule has 0 aliphatic rings. The third kappa shape index (κ3) is 3.93. The monoisotopic (exact) mass is 248 g/mol. The fourth-order valence-corrected chi connectivity index (χ4v) is 1.89. The Labute approximate surface area is 94.9 Å². The molecule has 1 rings (SSSR count). The number of hydrogen-bond donors (Lipinski definition) is 2. The zero-order chi connectivity index (χ0) is 12.2. The van der Waals surface area contributed by atoms with Crippen molar-refractivity contribution in [3.63, 3.8) is 0 Å². The van der Waals surface area contributed by atoms with E-state index in [1.165, 1.54) is 7.11 Å². The summed E-state index contributed by atoms with van der Waals surface area (Å²) in [6.07, 6.45) is 0.745. The number of hydrogen-bond acceptors (Lipinski definition) is 4. The third-order valence-electron chi connectivity index (χ3n) is 2.01. The lowest BCUT2D eigenvalue weighted by atomic mass is 10.2. The van der Waals surface area contributed by atoms with Crippen molar-refractivity contribution in [3.05, 3.63) is 23.7 Å². The Morgan fingerprint density at radius 2 is 2.25 bits per heavy atom. The molecule has 0 fully saturated rings. The minimum Gasteiger partial charge on any atom is -0.464 e. The first kappa shape index (κ1) is 13.2. The molecular weight excluding hydrogens is 232 g/mol. The summed E-state index contributed by atoms with van der Waals surface area (Å²) >= 11 is 0. The van der Waals surface area contributed by atoms with Gasteiger partial charge >= 0.3 is 0 Å². The van der Waals surface area contributed by atoms with E-state index in [1.807, 2.05) is 6.92 Å². The van der Waals surface area contributed by atoms with Crippen LogP contribution in [0, 0.1) is 0 Å². The van der Waals surface area contributed by atoms with Gasteiger partial charge in [-0.1, -0.05) is 6.92 Å². The van der Waals surface area contributed by atoms with Crippen LogP contribution in [0.2, 0.25) is 0 Å². The molecule has 0 spiro atoms. The SMILES string of the molecule is CCc1ccc([C@H](COC)NS(N)(=O)=O)o1. The molecular formula is C9H16N2O4S. The predicted octanol–water partition coefficient (Wildman–Crippen LogP) is 0.323. The number of furan rings is 1. The minimum absolute atomic E-state index is 0.160. The molecule has 6 nitrogen and oxygen atoms in total. The molecule has 0 radical (unpaired) electrons. The van der Waals surface area contributed by atoms with Crippen LogP contribution >= 0.6 is 0 Å². The summed E-state index contributed by atoms with van der Waals surface area (Å²) in [7, 11) is -2.31. The Kier molecular flexibility index (Phi) is 4.48. The van der Waals surface area contributed by atoms with Gasteiger partial charge in [0.05, 0.1) is 6.61 Å². The summed E-state index contributed by atoms with van der Waals surface area (Å²) < 4.78 is 34.4. The van der Waals surface area contributed by atoms with Gasteiger partial charge in [0.25, 0.3) is 10.2 Å². The molecule has 7 heteroatoms. The zero-order valence-corrected chi connectivity index (χ0v) is 10.1. The van der Waals surface area contributed by atoms with Crippen molar-refractivity contribution in [1.29, 1.82) is 0 Å². The Bertz CT molecular complexity index is 426. The van der Waals surface area contributed by atoms with Gasteiger partial charge in [0.15, 0.2) is 0 Å². The molecule has 16 heavy (non-hydrogen) atoms. The second-order valence-electron chi connectivity index (χ2n) is 3.33. The number of aryl methyl sites for hydroxylation is 1. The summed E-state index contributed by atoms with van der Waals surface area (Å²) in [5.41, 5.74) is 0. The van der Waals surface area contributed by atoms with E-state index in [4.69, 9.17) is 14.3 Å². The van der Waals surface area contributed by atoms with E-state index in [-0.39, 0.29) is 6.61 Å². The van der Waals surface area contributed by atoms with Crippen molar-refractivity contribution in [2.45, 2.75) is 19.4 Å². The van der Waals surface area contributed by atoms with Gasteiger partial charge in [-0.25, -0.2) is 5.14 Å². The normalized spacial score (nSPS) is 13.9. The van der Waals surface area contributed by atoms with Crippen molar-refractivity contribution in [3.8, 4) is 0 Å². The number of rotatable bonds is 6. The van der Waals surface area contributed by atoms with E-state index < -0.39 is 16.3 Å². The molecule has 3 N–H and O–H groups in total. The molecule has 1 aromatic rings. The fourth-order valence-electron chi connectivity index (χ4n) is 1.31. The van der Waals surface area contributed by atoms with Crippen LogP contribution in [-0.4, -0.2) is 22.1 Å². The topological polar surface area (TPSA) is 94.6 Å². The summed E-state index contributed by atoms with van der Waals surface area (Å²) in [6, 6.07) is 2.91. The van der Waals surface area contributed by atoms with Crippen molar-refractivity contribution in [1.82, 2.24) is 4.72 Å². The van der Waals surface area contributed by atoms with Gasteiger partial charge in [-0.05, 0) is 12.1 Å². The molecule has 0 amide bonds. The number of nitrogens with two attached hydrogens (primary N) is 1. The van der Waals surface area contributed by atoms with Crippen LogP contribution in [0.3, 0.4) is 0 Å². The lowest BCUT2D eigenvalue weighted by Gasteiger charge is -2.13. The molecule has 0 aliphatic carbocycles. The van der Waals surface area contributed by atoms with Gasteiger partial charge in [-0.2, -0.15) is 13.1 Å². The minimum atomic E-state index is -3.78. The van der Waals surface area contributed by atoms with Gasteiger partial charge in [0, 0.05) is 13.5 Å². The van der Waals surface area contributed by atoms with Crippen molar-refractivity contribution < 1.29 is 17.6 Å². The molecule has 0 aromatic carbocycles. The maximum Gasteiger partial charge on any atom is 0.275 e. The highest BCUT2D eigenvalue weighted by atomic mass is 32.2. The second-order valence-corrected chi connectivity index (χ2v) is 4.65. The Balaban J connectivity index is 2.84. The lowest BCUT2D eigenvalue weighted by molar-refractivity contribution is 0.166. The number of methoxy groups -OCH3 is 1. The molecule has 0 bridgehead atoms. The molecule has 0 saturated heterocycles. The standard InChI is InChI=1S/C9H16N2O4S/c1-3-7-4-5-9(15-7)8(6-14-2)11-16(10,12)13/h4-5,8,11H,3,6H2,1-2H3,(H2,10,12,13)/t8-/m0/s1. The Morgan fingerprint density at radius 1 is 1.56 bits per heavy atom. The molecule has 0 unspecified atom stereocenters. The van der Waals surface area contributed by atoms with Crippen LogP contribution in [0.4, 0.5) is 0 Å².